The molecule has 0 unspecified atom stereocenters. The van der Waals surface area contributed by atoms with E-state index in [1.165, 1.54) is 4.90 Å². The minimum Gasteiger partial charge on any atom is -0.389 e. The summed E-state index contributed by atoms with van der Waals surface area (Å²) in [6.45, 7) is 0.472. The van der Waals surface area contributed by atoms with Gasteiger partial charge in [0.15, 0.2) is 0 Å². The maximum absolute atomic E-state index is 12.3. The Morgan fingerprint density at radius 1 is 1.24 bits per heavy atom. The number of aliphatic hydroxyl groups is 1. The summed E-state index contributed by atoms with van der Waals surface area (Å²) in [5.74, 6) is -0.357. The van der Waals surface area contributed by atoms with Crippen LogP contribution in [0.5, 0.6) is 0 Å². The van der Waals surface area contributed by atoms with Gasteiger partial charge < -0.3 is 10.0 Å². The van der Waals surface area contributed by atoms with Gasteiger partial charge in [-0.3, -0.25) is 4.79 Å². The molecule has 1 aromatic carbocycles. The lowest BCUT2D eigenvalue weighted by molar-refractivity contribution is -0.137. The molecule has 0 aromatic heterocycles. The zero-order valence-corrected chi connectivity index (χ0v) is 8.74. The first-order chi connectivity index (χ1) is 7.88. The highest BCUT2D eigenvalue weighted by Crippen LogP contribution is 2.29. The van der Waals surface area contributed by atoms with E-state index in [2.05, 4.69) is 0 Å². The van der Waals surface area contributed by atoms with Gasteiger partial charge in [-0.15, -0.1) is 0 Å². The fourth-order valence-corrected chi connectivity index (χ4v) is 1.61. The molecule has 1 N–H and O–H groups in total. The Hall–Kier alpha value is -1.56. The molecule has 0 radical (unpaired) electrons. The van der Waals surface area contributed by atoms with Crippen LogP contribution in [-0.4, -0.2) is 35.1 Å². The van der Waals surface area contributed by atoms with Crippen molar-refractivity contribution in [1.82, 2.24) is 4.90 Å². The molecular weight excluding hydrogens is 235 g/mol. The number of aliphatic hydroxyl groups excluding tert-OH is 1. The number of nitrogens with zero attached hydrogens (tertiary/aromatic N) is 1. The molecule has 1 heterocycles. The SMILES string of the molecule is O=C(c1ccc(C(F)(F)F)cc1)N1CC(O)C1. The molecule has 3 nitrogen and oxygen atoms in total. The third kappa shape index (κ3) is 2.41. The van der Waals surface area contributed by atoms with Crippen molar-refractivity contribution in [2.24, 2.45) is 0 Å². The van der Waals surface area contributed by atoms with Gasteiger partial charge in [0.1, 0.15) is 0 Å². The van der Waals surface area contributed by atoms with Crippen LogP contribution in [0.25, 0.3) is 0 Å². The second kappa shape index (κ2) is 4.03. The van der Waals surface area contributed by atoms with E-state index in [1.54, 1.807) is 0 Å². The van der Waals surface area contributed by atoms with Gasteiger partial charge in [-0.2, -0.15) is 13.2 Å². The molecule has 0 aliphatic carbocycles. The van der Waals surface area contributed by atoms with Crippen molar-refractivity contribution in [1.29, 1.82) is 0 Å². The molecule has 92 valence electrons. The van der Waals surface area contributed by atoms with Crippen LogP contribution in [0, 0.1) is 0 Å². The maximum Gasteiger partial charge on any atom is 0.416 e. The largest absolute Gasteiger partial charge is 0.416 e. The van der Waals surface area contributed by atoms with Crippen molar-refractivity contribution in [3.8, 4) is 0 Å². The first-order valence-corrected chi connectivity index (χ1v) is 5.02. The minimum absolute atomic E-state index is 0.199. The number of hydrogen-bond acceptors (Lipinski definition) is 2. The summed E-state index contributed by atoms with van der Waals surface area (Å²) in [4.78, 5) is 13.0. The Bertz CT molecular complexity index is 421. The summed E-state index contributed by atoms with van der Waals surface area (Å²) >= 11 is 0. The lowest BCUT2D eigenvalue weighted by atomic mass is 10.1. The second-order valence-corrected chi connectivity index (χ2v) is 3.94. The predicted molar refractivity (Wildman–Crippen MR) is 53.4 cm³/mol. The van der Waals surface area contributed by atoms with Crippen molar-refractivity contribution < 1.29 is 23.1 Å². The van der Waals surface area contributed by atoms with Gasteiger partial charge in [0.25, 0.3) is 5.91 Å². The van der Waals surface area contributed by atoms with Crippen LogP contribution in [0.4, 0.5) is 13.2 Å². The smallest absolute Gasteiger partial charge is 0.389 e. The van der Waals surface area contributed by atoms with Gasteiger partial charge in [-0.25, -0.2) is 0 Å². The number of alkyl halides is 3. The highest BCUT2D eigenvalue weighted by molar-refractivity contribution is 5.94. The van der Waals surface area contributed by atoms with Crippen LogP contribution in [0.3, 0.4) is 0 Å². The van der Waals surface area contributed by atoms with Crippen LogP contribution < -0.4 is 0 Å². The fraction of sp³-hybridized carbons (Fsp3) is 0.364. The van der Waals surface area contributed by atoms with Gasteiger partial charge in [0, 0.05) is 18.7 Å². The van der Waals surface area contributed by atoms with Gasteiger partial charge in [0.05, 0.1) is 11.7 Å². The molecule has 1 aromatic rings. The number of amides is 1. The monoisotopic (exact) mass is 245 g/mol. The maximum atomic E-state index is 12.3. The molecule has 0 bridgehead atoms. The van der Waals surface area contributed by atoms with Crippen LogP contribution in [0.2, 0.25) is 0 Å². The molecule has 6 heteroatoms. The van der Waals surface area contributed by atoms with E-state index in [4.69, 9.17) is 5.11 Å². The van der Waals surface area contributed by atoms with Gasteiger partial charge >= 0.3 is 6.18 Å². The van der Waals surface area contributed by atoms with E-state index >= 15 is 0 Å². The van der Waals surface area contributed by atoms with Gasteiger partial charge in [0.2, 0.25) is 0 Å². The standard InChI is InChI=1S/C11H10F3NO2/c12-11(13,14)8-3-1-7(2-4-8)10(17)15-5-9(16)6-15/h1-4,9,16H,5-6H2. The summed E-state index contributed by atoms with van der Waals surface area (Å²) in [7, 11) is 0. The number of hydrogen-bond donors (Lipinski definition) is 1. The van der Waals surface area contributed by atoms with E-state index in [-0.39, 0.29) is 24.6 Å². The Morgan fingerprint density at radius 2 is 1.76 bits per heavy atom. The first kappa shape index (κ1) is 11.9. The third-order valence-electron chi connectivity index (χ3n) is 2.61. The molecule has 0 saturated carbocycles. The number of β-amino-alcohol motifs (C(OH)–C–C–N with tert-alkyl or cyclic N) is 1. The van der Waals surface area contributed by atoms with Crippen LogP contribution >= 0.6 is 0 Å². The van der Waals surface area contributed by atoms with Crippen LogP contribution in [-0.2, 0) is 6.18 Å². The summed E-state index contributed by atoms with van der Waals surface area (Å²) in [6, 6.07) is 4.05. The molecule has 0 spiro atoms. The number of halogens is 3. The molecular formula is C11H10F3NO2. The van der Waals surface area contributed by atoms with Crippen molar-refractivity contribution in [3.05, 3.63) is 35.4 Å². The Labute approximate surface area is 95.5 Å². The molecule has 0 atom stereocenters. The van der Waals surface area contributed by atoms with Gasteiger partial charge in [-0.1, -0.05) is 0 Å². The average Bonchev–Trinajstić information content (AvgIpc) is 2.23. The molecule has 1 fully saturated rings. The van der Waals surface area contributed by atoms with E-state index in [9.17, 15) is 18.0 Å². The topological polar surface area (TPSA) is 40.5 Å². The Morgan fingerprint density at radius 3 is 2.18 bits per heavy atom. The quantitative estimate of drug-likeness (QED) is 0.815. The zero-order valence-electron chi connectivity index (χ0n) is 8.74. The van der Waals surface area contributed by atoms with Crippen molar-refractivity contribution in [2.75, 3.05) is 13.1 Å². The number of likely N-dealkylation sites (tertiary alicyclic amines) is 1. The molecule has 1 saturated heterocycles. The molecule has 1 aliphatic rings. The third-order valence-corrected chi connectivity index (χ3v) is 2.61. The molecule has 1 aliphatic heterocycles. The average molecular weight is 245 g/mol. The van der Waals surface area contributed by atoms with Crippen LogP contribution in [0.15, 0.2) is 24.3 Å². The summed E-state index contributed by atoms with van der Waals surface area (Å²) in [6.07, 6.45) is -4.91. The highest BCUT2D eigenvalue weighted by atomic mass is 19.4. The van der Waals surface area contributed by atoms with E-state index in [1.807, 2.05) is 0 Å². The lowest BCUT2D eigenvalue weighted by Gasteiger charge is -2.35. The number of carbonyl (C=O) groups excluding carboxylic acids is 1. The zero-order chi connectivity index (χ0) is 12.6. The summed E-state index contributed by atoms with van der Waals surface area (Å²) in [5, 5.41) is 9.02. The number of benzene rings is 1. The van der Waals surface area contributed by atoms with E-state index < -0.39 is 17.8 Å². The number of carbonyl (C=O) groups is 1. The van der Waals surface area contributed by atoms with Crippen LogP contribution in [0.1, 0.15) is 15.9 Å². The minimum atomic E-state index is -4.39. The normalized spacial score (nSPS) is 16.8. The van der Waals surface area contributed by atoms with Crippen molar-refractivity contribution in [2.45, 2.75) is 12.3 Å². The predicted octanol–water partition coefficient (Wildman–Crippen LogP) is 1.52. The van der Waals surface area contributed by atoms with E-state index in [0.717, 1.165) is 24.3 Å². The van der Waals surface area contributed by atoms with Crippen molar-refractivity contribution in [3.63, 3.8) is 0 Å². The fourth-order valence-electron chi connectivity index (χ4n) is 1.61. The Kier molecular flexibility index (Phi) is 2.82. The summed E-state index contributed by atoms with van der Waals surface area (Å²) in [5.41, 5.74) is -0.581. The number of rotatable bonds is 1. The van der Waals surface area contributed by atoms with Crippen molar-refractivity contribution >= 4 is 5.91 Å². The second-order valence-electron chi connectivity index (χ2n) is 3.94. The molecule has 1 amide bonds. The van der Waals surface area contributed by atoms with Gasteiger partial charge in [-0.05, 0) is 24.3 Å². The highest BCUT2D eigenvalue weighted by Gasteiger charge is 2.32. The summed E-state index contributed by atoms with van der Waals surface area (Å²) < 4.78 is 36.8. The lowest BCUT2D eigenvalue weighted by Crippen LogP contribution is -2.53. The molecule has 2 rings (SSSR count). The Balaban J connectivity index is 2.10. The first-order valence-electron chi connectivity index (χ1n) is 5.02. The molecule has 17 heavy (non-hydrogen) atoms. The van der Waals surface area contributed by atoms with E-state index in [0.29, 0.717) is 0 Å².